The third kappa shape index (κ3) is 6.65. The predicted molar refractivity (Wildman–Crippen MR) is 148 cm³/mol. The Kier molecular flexibility index (Phi) is 8.82. The Morgan fingerprint density at radius 2 is 1.40 bits per heavy atom. The molecule has 12 nitrogen and oxygen atoms in total. The van der Waals surface area contributed by atoms with Gasteiger partial charge in [-0.15, -0.1) is 0 Å². The fourth-order valence-corrected chi connectivity index (χ4v) is 4.54. The van der Waals surface area contributed by atoms with Crippen LogP contribution in [0.3, 0.4) is 0 Å². The lowest BCUT2D eigenvalue weighted by molar-refractivity contribution is -0.144. The summed E-state index contributed by atoms with van der Waals surface area (Å²) in [6.45, 7) is 0.668. The highest BCUT2D eigenvalue weighted by molar-refractivity contribution is 5.94. The van der Waals surface area contributed by atoms with E-state index in [4.69, 9.17) is 10.8 Å². The molecule has 0 aliphatic heterocycles. The molecule has 4 rings (SSSR count). The molecule has 4 unspecified atom stereocenters. The van der Waals surface area contributed by atoms with Gasteiger partial charge >= 0.3 is 5.97 Å². The Morgan fingerprint density at radius 3 is 1.95 bits per heavy atom. The maximum absolute atomic E-state index is 13.2. The van der Waals surface area contributed by atoms with E-state index in [2.05, 4.69) is 25.9 Å². The van der Waals surface area contributed by atoms with E-state index >= 15 is 0 Å². The first-order chi connectivity index (χ1) is 19.1. The second-order valence-electron chi connectivity index (χ2n) is 9.64. The van der Waals surface area contributed by atoms with E-state index < -0.39 is 54.5 Å². The third-order valence-corrected chi connectivity index (χ3v) is 6.67. The number of aliphatic hydroxyl groups is 1. The monoisotopic (exact) mass is 548 g/mol. The zero-order valence-electron chi connectivity index (χ0n) is 21.8. The SMILES string of the molecule is CC(O)C(NC(=O)CNC(=O)C(Cc1c[nH]c2ccccc12)NC(=O)C(N)Cc1c[nH]c2ccccc12)C(=O)O. The van der Waals surface area contributed by atoms with Crippen molar-refractivity contribution in [3.63, 3.8) is 0 Å². The zero-order valence-corrected chi connectivity index (χ0v) is 21.8. The van der Waals surface area contributed by atoms with Gasteiger partial charge in [-0.2, -0.15) is 0 Å². The van der Waals surface area contributed by atoms with Gasteiger partial charge in [-0.3, -0.25) is 14.4 Å². The Morgan fingerprint density at radius 1 is 0.850 bits per heavy atom. The molecule has 0 saturated carbocycles. The van der Waals surface area contributed by atoms with E-state index in [0.717, 1.165) is 32.9 Å². The molecule has 2 aromatic heterocycles. The summed E-state index contributed by atoms with van der Waals surface area (Å²) in [6, 6.07) is 11.6. The number of carbonyl (C=O) groups is 4. The molecule has 0 radical (unpaired) electrons. The van der Waals surface area contributed by atoms with Crippen molar-refractivity contribution in [2.75, 3.05) is 6.54 Å². The second-order valence-corrected chi connectivity index (χ2v) is 9.64. The van der Waals surface area contributed by atoms with E-state index in [1.807, 2.05) is 48.5 Å². The van der Waals surface area contributed by atoms with Crippen molar-refractivity contribution < 1.29 is 29.4 Å². The van der Waals surface area contributed by atoms with Crippen LogP contribution in [0.1, 0.15) is 18.1 Å². The molecule has 9 N–H and O–H groups in total. The summed E-state index contributed by atoms with van der Waals surface area (Å²) < 4.78 is 0. The minimum Gasteiger partial charge on any atom is -0.480 e. The summed E-state index contributed by atoms with van der Waals surface area (Å²) in [6.07, 6.45) is 2.54. The molecule has 40 heavy (non-hydrogen) atoms. The van der Waals surface area contributed by atoms with Crippen LogP contribution >= 0.6 is 0 Å². The van der Waals surface area contributed by atoms with E-state index in [1.165, 1.54) is 6.92 Å². The number of aliphatic hydroxyl groups excluding tert-OH is 1. The molecule has 0 saturated heterocycles. The van der Waals surface area contributed by atoms with Crippen molar-refractivity contribution in [1.29, 1.82) is 0 Å². The molecule has 2 heterocycles. The van der Waals surface area contributed by atoms with Gasteiger partial charge in [0.25, 0.3) is 0 Å². The van der Waals surface area contributed by atoms with Gasteiger partial charge < -0.3 is 41.9 Å². The van der Waals surface area contributed by atoms with E-state index in [1.54, 1.807) is 12.4 Å². The summed E-state index contributed by atoms with van der Waals surface area (Å²) in [5.41, 5.74) is 9.64. The molecule has 12 heteroatoms. The molecular formula is C28H32N6O6. The van der Waals surface area contributed by atoms with Crippen LogP contribution in [0.4, 0.5) is 0 Å². The van der Waals surface area contributed by atoms with Gasteiger partial charge in [0, 0.05) is 40.6 Å². The highest BCUT2D eigenvalue weighted by atomic mass is 16.4. The van der Waals surface area contributed by atoms with Crippen LogP contribution in [-0.2, 0) is 32.0 Å². The van der Waals surface area contributed by atoms with Gasteiger partial charge in [0.05, 0.1) is 18.7 Å². The standard InChI is InChI=1S/C28H32N6O6/c1-15(35)25(28(39)40)34-24(36)14-32-27(38)23(11-17-13-31-22-9-5-3-7-19(17)22)33-26(37)20(29)10-16-12-30-21-8-4-2-6-18(16)21/h2-9,12-13,15,20,23,25,30-31,35H,10-11,14,29H2,1H3,(H,32,38)(H,33,37)(H,34,36)(H,39,40). The van der Waals surface area contributed by atoms with Crippen molar-refractivity contribution in [2.24, 2.45) is 5.73 Å². The number of hydrogen-bond acceptors (Lipinski definition) is 6. The first kappa shape index (κ1) is 28.3. The molecule has 4 aromatic rings. The summed E-state index contributed by atoms with van der Waals surface area (Å²) in [5.74, 6) is -3.43. The van der Waals surface area contributed by atoms with Crippen LogP contribution in [0.25, 0.3) is 21.8 Å². The van der Waals surface area contributed by atoms with Crippen molar-refractivity contribution >= 4 is 45.5 Å². The largest absolute Gasteiger partial charge is 0.480 e. The Bertz CT molecular complexity index is 1530. The number of amides is 3. The van der Waals surface area contributed by atoms with Gasteiger partial charge in [0.1, 0.15) is 6.04 Å². The Labute approximate surface area is 229 Å². The number of nitrogens with two attached hydrogens (primary N) is 1. The molecule has 0 bridgehead atoms. The van der Waals surface area contributed by atoms with Gasteiger partial charge in [-0.1, -0.05) is 36.4 Å². The molecule has 2 aromatic carbocycles. The van der Waals surface area contributed by atoms with Crippen molar-refractivity contribution in [1.82, 2.24) is 25.9 Å². The smallest absolute Gasteiger partial charge is 0.328 e. The van der Waals surface area contributed by atoms with Crippen LogP contribution in [0.15, 0.2) is 60.9 Å². The maximum Gasteiger partial charge on any atom is 0.328 e. The van der Waals surface area contributed by atoms with E-state index in [0.29, 0.717) is 0 Å². The average Bonchev–Trinajstić information content (AvgIpc) is 3.53. The second kappa shape index (κ2) is 12.5. The number of carboxylic acid groups (broad SMARTS) is 1. The van der Waals surface area contributed by atoms with Gasteiger partial charge in [-0.25, -0.2) is 4.79 Å². The quantitative estimate of drug-likeness (QED) is 0.124. The number of aromatic amines is 2. The number of rotatable bonds is 12. The number of carboxylic acids is 1. The summed E-state index contributed by atoms with van der Waals surface area (Å²) in [5, 5.41) is 27.9. The van der Waals surface area contributed by atoms with Crippen LogP contribution in [0.2, 0.25) is 0 Å². The number of hydrogen-bond donors (Lipinski definition) is 8. The lowest BCUT2D eigenvalue weighted by Gasteiger charge is -2.21. The molecule has 0 fully saturated rings. The van der Waals surface area contributed by atoms with Crippen molar-refractivity contribution in [3.05, 3.63) is 72.1 Å². The number of carbonyl (C=O) groups excluding carboxylic acids is 3. The van der Waals surface area contributed by atoms with Crippen LogP contribution in [-0.4, -0.2) is 74.6 Å². The van der Waals surface area contributed by atoms with E-state index in [-0.39, 0.29) is 12.8 Å². The number of fused-ring (bicyclic) bond motifs is 2. The zero-order chi connectivity index (χ0) is 28.8. The normalized spacial score (nSPS) is 14.3. The Hall–Kier alpha value is -4.68. The predicted octanol–water partition coefficient (Wildman–Crippen LogP) is 0.313. The molecule has 4 atom stereocenters. The Balaban J connectivity index is 1.46. The molecule has 0 spiro atoms. The highest BCUT2D eigenvalue weighted by Gasteiger charge is 2.28. The lowest BCUT2D eigenvalue weighted by atomic mass is 10.0. The fourth-order valence-electron chi connectivity index (χ4n) is 4.54. The summed E-state index contributed by atoms with van der Waals surface area (Å²) in [7, 11) is 0. The van der Waals surface area contributed by atoms with Gasteiger partial charge in [0.2, 0.25) is 17.7 Å². The number of nitrogens with one attached hydrogen (secondary N) is 5. The van der Waals surface area contributed by atoms with E-state index in [9.17, 15) is 24.3 Å². The number of H-pyrrole nitrogens is 2. The first-order valence-electron chi connectivity index (χ1n) is 12.8. The number of aromatic nitrogens is 2. The number of benzene rings is 2. The highest BCUT2D eigenvalue weighted by Crippen LogP contribution is 2.20. The maximum atomic E-state index is 13.2. The van der Waals surface area contributed by atoms with Crippen LogP contribution in [0, 0.1) is 0 Å². The fraction of sp³-hybridized carbons (Fsp3) is 0.286. The van der Waals surface area contributed by atoms with Crippen LogP contribution < -0.4 is 21.7 Å². The van der Waals surface area contributed by atoms with Crippen molar-refractivity contribution in [3.8, 4) is 0 Å². The molecule has 0 aliphatic rings. The molecule has 210 valence electrons. The van der Waals surface area contributed by atoms with Gasteiger partial charge in [0.15, 0.2) is 6.04 Å². The first-order valence-corrected chi connectivity index (χ1v) is 12.8. The topological polar surface area (TPSA) is 202 Å². The lowest BCUT2D eigenvalue weighted by Crippen LogP contribution is -2.55. The summed E-state index contributed by atoms with van der Waals surface area (Å²) >= 11 is 0. The molecular weight excluding hydrogens is 516 g/mol. The molecule has 0 aliphatic carbocycles. The van der Waals surface area contributed by atoms with Gasteiger partial charge in [-0.05, 0) is 36.6 Å². The minimum atomic E-state index is -1.53. The van der Waals surface area contributed by atoms with Crippen molar-refractivity contribution in [2.45, 2.75) is 44.0 Å². The summed E-state index contributed by atoms with van der Waals surface area (Å²) in [4.78, 5) is 56.1. The van der Waals surface area contributed by atoms with Crippen LogP contribution in [0.5, 0.6) is 0 Å². The number of aliphatic carboxylic acids is 1. The number of para-hydroxylation sites is 2. The average molecular weight is 549 g/mol. The third-order valence-electron chi connectivity index (χ3n) is 6.67. The molecule has 3 amide bonds. The minimum absolute atomic E-state index is 0.106.